The molecule has 0 aliphatic rings. The quantitative estimate of drug-likeness (QED) is 0.470. The van der Waals surface area contributed by atoms with Crippen LogP contribution in [0.3, 0.4) is 0 Å². The van der Waals surface area contributed by atoms with E-state index in [-0.39, 0.29) is 0 Å². The molecule has 0 spiro atoms. The molecule has 0 atom stereocenters. The van der Waals surface area contributed by atoms with Crippen molar-refractivity contribution in [3.05, 3.63) is 78.4 Å². The molecule has 1 rings (SSSR count). The van der Waals surface area contributed by atoms with Crippen LogP contribution in [0.4, 0.5) is 0 Å². The molecule has 104 valence electrons. The summed E-state index contributed by atoms with van der Waals surface area (Å²) in [4.78, 5) is 4.79. The van der Waals surface area contributed by atoms with E-state index < -0.39 is 0 Å². The lowest BCUT2D eigenvalue weighted by Crippen LogP contribution is -1.94. The molecule has 1 aromatic rings. The van der Waals surface area contributed by atoms with Gasteiger partial charge in [-0.25, -0.2) is 0 Å². The third-order valence-electron chi connectivity index (χ3n) is 2.98. The van der Waals surface area contributed by atoms with Gasteiger partial charge in [-0.15, -0.1) is 0 Å². The third kappa shape index (κ3) is 4.51. The number of aliphatic imine (C=N–C) groups is 1. The Hall–Kier alpha value is -2.15. The molecule has 20 heavy (non-hydrogen) atoms. The maximum absolute atomic E-state index is 4.79. The summed E-state index contributed by atoms with van der Waals surface area (Å²) < 4.78 is 0. The summed E-state index contributed by atoms with van der Waals surface area (Å²) in [5.41, 5.74) is 5.22. The minimum atomic E-state index is 0.935. The van der Waals surface area contributed by atoms with Gasteiger partial charge in [0.2, 0.25) is 0 Å². The predicted octanol–water partition coefficient (Wildman–Crippen LogP) is 5.59. The molecule has 0 fully saturated rings. The van der Waals surface area contributed by atoms with Crippen molar-refractivity contribution in [3.8, 4) is 0 Å². The van der Waals surface area contributed by atoms with Gasteiger partial charge in [0.1, 0.15) is 0 Å². The smallest absolute Gasteiger partial charge is 0.0775 e. The first-order chi connectivity index (χ1) is 9.60. The lowest BCUT2D eigenvalue weighted by atomic mass is 10.0. The fourth-order valence-electron chi connectivity index (χ4n) is 1.73. The zero-order valence-electron chi connectivity index (χ0n) is 12.7. The van der Waals surface area contributed by atoms with Crippen LogP contribution >= 0.6 is 0 Å². The summed E-state index contributed by atoms with van der Waals surface area (Å²) >= 11 is 0. The lowest BCUT2D eigenvalue weighted by molar-refractivity contribution is 1.25. The largest absolute Gasteiger partial charge is 0.257 e. The van der Waals surface area contributed by atoms with Crippen molar-refractivity contribution < 1.29 is 0 Å². The molecule has 0 N–H and O–H groups in total. The summed E-state index contributed by atoms with van der Waals surface area (Å²) in [5, 5.41) is 0. The van der Waals surface area contributed by atoms with E-state index in [0.717, 1.165) is 34.5 Å². The Labute approximate surface area is 122 Å². The van der Waals surface area contributed by atoms with Crippen LogP contribution in [0.1, 0.15) is 32.8 Å². The second-order valence-electron chi connectivity index (χ2n) is 4.70. The van der Waals surface area contributed by atoms with Crippen LogP contribution in [0.2, 0.25) is 0 Å². The van der Waals surface area contributed by atoms with E-state index in [2.05, 4.69) is 39.1 Å². The number of nitrogens with zero attached hydrogens (tertiary/aromatic N) is 1. The van der Waals surface area contributed by atoms with Crippen LogP contribution < -0.4 is 0 Å². The fourth-order valence-corrected chi connectivity index (χ4v) is 1.73. The Morgan fingerprint density at radius 1 is 1.20 bits per heavy atom. The zero-order chi connectivity index (χ0) is 15.0. The number of rotatable bonds is 6. The zero-order valence-corrected chi connectivity index (χ0v) is 12.7. The van der Waals surface area contributed by atoms with E-state index in [1.54, 1.807) is 6.08 Å². The van der Waals surface area contributed by atoms with E-state index in [9.17, 15) is 0 Å². The van der Waals surface area contributed by atoms with E-state index in [4.69, 9.17) is 4.99 Å². The molecule has 0 heterocycles. The SMILES string of the molecule is C=C/C=C\C(C(=C)C)=C(\N=C(C)CC)c1ccccc1. The molecule has 0 aromatic heterocycles. The Morgan fingerprint density at radius 3 is 2.35 bits per heavy atom. The molecule has 0 radical (unpaired) electrons. The van der Waals surface area contributed by atoms with Crippen molar-refractivity contribution in [2.75, 3.05) is 0 Å². The Balaban J connectivity index is 3.52. The molecule has 0 aliphatic carbocycles. The van der Waals surface area contributed by atoms with Gasteiger partial charge in [0, 0.05) is 16.8 Å². The predicted molar refractivity (Wildman–Crippen MR) is 90.9 cm³/mol. The van der Waals surface area contributed by atoms with Crippen molar-refractivity contribution >= 4 is 11.4 Å². The van der Waals surface area contributed by atoms with Crippen LogP contribution in [-0.4, -0.2) is 5.71 Å². The van der Waals surface area contributed by atoms with E-state index in [1.807, 2.05) is 37.3 Å². The minimum absolute atomic E-state index is 0.935. The molecule has 0 unspecified atom stereocenters. The van der Waals surface area contributed by atoms with E-state index in [1.165, 1.54) is 0 Å². The summed E-state index contributed by atoms with van der Waals surface area (Å²) in [7, 11) is 0. The van der Waals surface area contributed by atoms with Crippen molar-refractivity contribution in [1.29, 1.82) is 0 Å². The number of hydrogen-bond donors (Lipinski definition) is 0. The molecule has 1 heteroatoms. The van der Waals surface area contributed by atoms with Crippen LogP contribution in [0.5, 0.6) is 0 Å². The first kappa shape index (κ1) is 15.9. The molecular weight excluding hydrogens is 242 g/mol. The van der Waals surface area contributed by atoms with Gasteiger partial charge in [-0.1, -0.05) is 68.6 Å². The van der Waals surface area contributed by atoms with Crippen LogP contribution in [0.25, 0.3) is 5.70 Å². The topological polar surface area (TPSA) is 12.4 Å². The van der Waals surface area contributed by atoms with Crippen LogP contribution in [0.15, 0.2) is 77.9 Å². The van der Waals surface area contributed by atoms with Gasteiger partial charge in [-0.3, -0.25) is 4.99 Å². The maximum Gasteiger partial charge on any atom is 0.0775 e. The first-order valence-corrected chi connectivity index (χ1v) is 6.89. The van der Waals surface area contributed by atoms with Crippen molar-refractivity contribution in [2.45, 2.75) is 27.2 Å². The van der Waals surface area contributed by atoms with Gasteiger partial charge in [0.05, 0.1) is 5.70 Å². The normalized spacial score (nSPS) is 13.2. The molecule has 0 bridgehead atoms. The summed E-state index contributed by atoms with van der Waals surface area (Å²) in [6.07, 6.45) is 6.64. The van der Waals surface area contributed by atoms with Crippen molar-refractivity contribution in [2.24, 2.45) is 4.99 Å². The van der Waals surface area contributed by atoms with Gasteiger partial charge in [-0.05, 0) is 25.8 Å². The molecule has 1 nitrogen and oxygen atoms in total. The highest BCUT2D eigenvalue weighted by molar-refractivity contribution is 5.89. The van der Waals surface area contributed by atoms with Gasteiger partial charge < -0.3 is 0 Å². The monoisotopic (exact) mass is 265 g/mol. The summed E-state index contributed by atoms with van der Waals surface area (Å²) in [6.45, 7) is 14.0. The molecule has 1 aromatic carbocycles. The van der Waals surface area contributed by atoms with Crippen LogP contribution in [0, 0.1) is 0 Å². The molecule has 0 saturated heterocycles. The first-order valence-electron chi connectivity index (χ1n) is 6.89. The molecular formula is C19H23N. The highest BCUT2D eigenvalue weighted by Gasteiger charge is 2.07. The summed E-state index contributed by atoms with van der Waals surface area (Å²) in [5.74, 6) is 0. The Morgan fingerprint density at radius 2 is 1.85 bits per heavy atom. The van der Waals surface area contributed by atoms with Gasteiger partial charge in [0.25, 0.3) is 0 Å². The number of benzene rings is 1. The lowest BCUT2D eigenvalue weighted by Gasteiger charge is -2.10. The summed E-state index contributed by atoms with van der Waals surface area (Å²) in [6, 6.07) is 10.2. The number of hydrogen-bond acceptors (Lipinski definition) is 1. The standard InChI is InChI=1S/C19H23N/c1-6-8-14-18(15(3)4)19(20-16(5)7-2)17-12-10-9-11-13-17/h6,8-14H,1,3,7H2,2,4-5H3/b14-8-,19-18-,20-16?. The van der Waals surface area contributed by atoms with Gasteiger partial charge >= 0.3 is 0 Å². The number of allylic oxidation sites excluding steroid dienone is 5. The van der Waals surface area contributed by atoms with Crippen LogP contribution in [-0.2, 0) is 0 Å². The second-order valence-corrected chi connectivity index (χ2v) is 4.70. The fraction of sp³-hybridized carbons (Fsp3) is 0.211. The average molecular weight is 265 g/mol. The van der Waals surface area contributed by atoms with Crippen molar-refractivity contribution in [3.63, 3.8) is 0 Å². The van der Waals surface area contributed by atoms with E-state index >= 15 is 0 Å². The van der Waals surface area contributed by atoms with Gasteiger partial charge in [-0.2, -0.15) is 0 Å². The van der Waals surface area contributed by atoms with Crippen molar-refractivity contribution in [1.82, 2.24) is 0 Å². The molecule has 0 aliphatic heterocycles. The average Bonchev–Trinajstić information content (AvgIpc) is 2.46. The second kappa shape index (κ2) is 8.11. The highest BCUT2D eigenvalue weighted by Crippen LogP contribution is 2.26. The molecule has 0 saturated carbocycles. The minimum Gasteiger partial charge on any atom is -0.257 e. The highest BCUT2D eigenvalue weighted by atomic mass is 14.8. The van der Waals surface area contributed by atoms with E-state index in [0.29, 0.717) is 0 Å². The molecule has 0 amide bonds. The maximum atomic E-state index is 4.79. The third-order valence-corrected chi connectivity index (χ3v) is 2.98. The Kier molecular flexibility index (Phi) is 6.45. The Bertz CT molecular complexity index is 557. The van der Waals surface area contributed by atoms with Gasteiger partial charge in [0.15, 0.2) is 0 Å².